The van der Waals surface area contributed by atoms with Gasteiger partial charge in [0.25, 0.3) is 0 Å². The molecule has 146 valence electrons. The van der Waals surface area contributed by atoms with Gasteiger partial charge in [-0.05, 0) is 37.0 Å². The number of ether oxygens (including phenoxy) is 2. The van der Waals surface area contributed by atoms with E-state index in [1.165, 1.54) is 11.4 Å². The highest BCUT2D eigenvalue weighted by molar-refractivity contribution is 7.89. The predicted octanol–water partition coefficient (Wildman–Crippen LogP) is 2.67. The van der Waals surface area contributed by atoms with Crippen molar-refractivity contribution in [2.24, 2.45) is 0 Å². The SMILES string of the molecule is CCCc1ccc(S(=O)(=O)N2CCCC(Oc3ccc(OC)nn3)C2)cc1. The van der Waals surface area contributed by atoms with Gasteiger partial charge in [0.2, 0.25) is 21.8 Å². The third-order valence-electron chi connectivity index (χ3n) is 4.55. The fourth-order valence-corrected chi connectivity index (χ4v) is 4.65. The van der Waals surface area contributed by atoms with Crippen LogP contribution in [-0.2, 0) is 16.4 Å². The maximum Gasteiger partial charge on any atom is 0.243 e. The molecule has 2 aromatic rings. The molecule has 1 atom stereocenters. The standard InChI is InChI=1S/C19H25N3O4S/c1-3-5-15-7-9-17(10-8-15)27(23,24)22-13-4-6-16(14-22)26-19-12-11-18(25-2)20-21-19/h7-12,16H,3-6,13-14H2,1-2H3. The van der Waals surface area contributed by atoms with E-state index in [0.29, 0.717) is 29.7 Å². The molecular formula is C19H25N3O4S. The molecule has 0 amide bonds. The van der Waals surface area contributed by atoms with Gasteiger partial charge in [-0.1, -0.05) is 25.5 Å². The van der Waals surface area contributed by atoms with Crippen LogP contribution in [0.1, 0.15) is 31.7 Å². The zero-order valence-corrected chi connectivity index (χ0v) is 16.5. The molecule has 1 saturated heterocycles. The van der Waals surface area contributed by atoms with Crippen LogP contribution in [0.15, 0.2) is 41.3 Å². The predicted molar refractivity (Wildman–Crippen MR) is 101 cm³/mol. The number of hydrogen-bond donors (Lipinski definition) is 0. The van der Waals surface area contributed by atoms with E-state index in [-0.39, 0.29) is 6.10 Å². The van der Waals surface area contributed by atoms with Crippen LogP contribution in [0.4, 0.5) is 0 Å². The molecule has 27 heavy (non-hydrogen) atoms. The van der Waals surface area contributed by atoms with Gasteiger partial charge in [0.1, 0.15) is 6.10 Å². The minimum Gasteiger partial charge on any atom is -0.480 e. The van der Waals surface area contributed by atoms with E-state index in [9.17, 15) is 8.42 Å². The molecular weight excluding hydrogens is 366 g/mol. The van der Waals surface area contributed by atoms with E-state index in [4.69, 9.17) is 9.47 Å². The molecule has 8 heteroatoms. The molecule has 3 rings (SSSR count). The molecule has 0 saturated carbocycles. The van der Waals surface area contributed by atoms with Crippen LogP contribution in [-0.4, -0.2) is 49.2 Å². The van der Waals surface area contributed by atoms with Crippen LogP contribution < -0.4 is 9.47 Å². The monoisotopic (exact) mass is 391 g/mol. The van der Waals surface area contributed by atoms with Crippen LogP contribution in [0, 0.1) is 0 Å². The molecule has 1 aromatic heterocycles. The first-order chi connectivity index (χ1) is 13.0. The molecule has 1 fully saturated rings. The lowest BCUT2D eigenvalue weighted by atomic mass is 10.1. The van der Waals surface area contributed by atoms with Gasteiger partial charge in [0.05, 0.1) is 18.6 Å². The Balaban J connectivity index is 1.68. The van der Waals surface area contributed by atoms with Gasteiger partial charge in [0.15, 0.2) is 0 Å². The smallest absolute Gasteiger partial charge is 0.243 e. The fraction of sp³-hybridized carbons (Fsp3) is 0.474. The van der Waals surface area contributed by atoms with Crippen molar-refractivity contribution in [3.05, 3.63) is 42.0 Å². The van der Waals surface area contributed by atoms with Crippen molar-refractivity contribution in [3.63, 3.8) is 0 Å². The Morgan fingerprint density at radius 1 is 1.11 bits per heavy atom. The highest BCUT2D eigenvalue weighted by Crippen LogP contribution is 2.23. The van der Waals surface area contributed by atoms with Gasteiger partial charge in [-0.25, -0.2) is 8.42 Å². The van der Waals surface area contributed by atoms with Crippen LogP contribution in [0.5, 0.6) is 11.8 Å². The first-order valence-corrected chi connectivity index (χ1v) is 10.6. The first-order valence-electron chi connectivity index (χ1n) is 9.16. The molecule has 1 unspecified atom stereocenters. The molecule has 1 aliphatic heterocycles. The minimum absolute atomic E-state index is 0.254. The second-order valence-electron chi connectivity index (χ2n) is 6.55. The number of sulfonamides is 1. The summed E-state index contributed by atoms with van der Waals surface area (Å²) in [6, 6.07) is 10.5. The number of aryl methyl sites for hydroxylation is 1. The van der Waals surface area contributed by atoms with Crippen molar-refractivity contribution in [3.8, 4) is 11.8 Å². The van der Waals surface area contributed by atoms with E-state index in [1.807, 2.05) is 12.1 Å². The van der Waals surface area contributed by atoms with Gasteiger partial charge >= 0.3 is 0 Å². The van der Waals surface area contributed by atoms with E-state index in [0.717, 1.165) is 31.2 Å². The molecule has 1 aromatic carbocycles. The lowest BCUT2D eigenvalue weighted by Crippen LogP contribution is -2.44. The largest absolute Gasteiger partial charge is 0.480 e. The minimum atomic E-state index is -3.53. The third-order valence-corrected chi connectivity index (χ3v) is 6.43. The Morgan fingerprint density at radius 3 is 2.44 bits per heavy atom. The van der Waals surface area contributed by atoms with Gasteiger partial charge in [0, 0.05) is 18.7 Å². The van der Waals surface area contributed by atoms with Crippen LogP contribution >= 0.6 is 0 Å². The Kier molecular flexibility index (Phi) is 6.28. The Hall–Kier alpha value is -2.19. The molecule has 2 heterocycles. The Labute approximate surface area is 160 Å². The summed E-state index contributed by atoms with van der Waals surface area (Å²) >= 11 is 0. The number of nitrogens with zero attached hydrogens (tertiary/aromatic N) is 3. The van der Waals surface area contributed by atoms with E-state index >= 15 is 0 Å². The summed E-state index contributed by atoms with van der Waals surface area (Å²) in [4.78, 5) is 0.326. The summed E-state index contributed by atoms with van der Waals surface area (Å²) in [5.74, 6) is 0.769. The number of methoxy groups -OCH3 is 1. The van der Waals surface area contributed by atoms with Crippen molar-refractivity contribution >= 4 is 10.0 Å². The molecule has 0 aliphatic carbocycles. The van der Waals surface area contributed by atoms with Gasteiger partial charge < -0.3 is 9.47 Å². The Bertz CT molecular complexity index is 838. The zero-order valence-electron chi connectivity index (χ0n) is 15.7. The first kappa shape index (κ1) is 19.6. The molecule has 0 spiro atoms. The van der Waals surface area contributed by atoms with E-state index in [1.54, 1.807) is 24.3 Å². The average molecular weight is 391 g/mol. The second kappa shape index (κ2) is 8.67. The Morgan fingerprint density at radius 2 is 1.81 bits per heavy atom. The summed E-state index contributed by atoms with van der Waals surface area (Å²) in [5, 5.41) is 7.82. The quantitative estimate of drug-likeness (QED) is 0.722. The highest BCUT2D eigenvalue weighted by Gasteiger charge is 2.31. The van der Waals surface area contributed by atoms with E-state index in [2.05, 4.69) is 17.1 Å². The van der Waals surface area contributed by atoms with Crippen molar-refractivity contribution in [1.29, 1.82) is 0 Å². The van der Waals surface area contributed by atoms with Crippen LogP contribution in [0.3, 0.4) is 0 Å². The zero-order chi connectivity index (χ0) is 19.3. The number of piperidine rings is 1. The van der Waals surface area contributed by atoms with Crippen molar-refractivity contribution in [2.45, 2.75) is 43.6 Å². The topological polar surface area (TPSA) is 81.6 Å². The summed E-state index contributed by atoms with van der Waals surface area (Å²) < 4.78 is 38.2. The van der Waals surface area contributed by atoms with Crippen molar-refractivity contribution in [2.75, 3.05) is 20.2 Å². The maximum absolute atomic E-state index is 13.0. The number of rotatable bonds is 7. The van der Waals surface area contributed by atoms with Gasteiger partial charge in [-0.3, -0.25) is 0 Å². The average Bonchev–Trinajstić information content (AvgIpc) is 2.69. The van der Waals surface area contributed by atoms with Crippen molar-refractivity contribution in [1.82, 2.24) is 14.5 Å². The maximum atomic E-state index is 13.0. The second-order valence-corrected chi connectivity index (χ2v) is 8.49. The third kappa shape index (κ3) is 4.75. The lowest BCUT2D eigenvalue weighted by Gasteiger charge is -2.31. The number of benzene rings is 1. The normalized spacial score (nSPS) is 18.2. The summed E-state index contributed by atoms with van der Waals surface area (Å²) in [7, 11) is -2.02. The number of hydrogen-bond acceptors (Lipinski definition) is 6. The molecule has 0 bridgehead atoms. The summed E-state index contributed by atoms with van der Waals surface area (Å²) in [6.07, 6.45) is 3.24. The van der Waals surface area contributed by atoms with Crippen LogP contribution in [0.2, 0.25) is 0 Å². The van der Waals surface area contributed by atoms with Crippen LogP contribution in [0.25, 0.3) is 0 Å². The molecule has 0 radical (unpaired) electrons. The van der Waals surface area contributed by atoms with Gasteiger partial charge in [-0.2, -0.15) is 4.31 Å². The van der Waals surface area contributed by atoms with E-state index < -0.39 is 10.0 Å². The lowest BCUT2D eigenvalue weighted by molar-refractivity contribution is 0.123. The molecule has 0 N–H and O–H groups in total. The summed E-state index contributed by atoms with van der Waals surface area (Å²) in [6.45, 7) is 2.89. The number of aromatic nitrogens is 2. The highest BCUT2D eigenvalue weighted by atomic mass is 32.2. The molecule has 7 nitrogen and oxygen atoms in total. The van der Waals surface area contributed by atoms with Gasteiger partial charge in [-0.15, -0.1) is 10.2 Å². The fourth-order valence-electron chi connectivity index (χ4n) is 3.14. The van der Waals surface area contributed by atoms with Crippen molar-refractivity contribution < 1.29 is 17.9 Å². The molecule has 1 aliphatic rings. The summed E-state index contributed by atoms with van der Waals surface area (Å²) in [5.41, 5.74) is 1.15.